The van der Waals surface area contributed by atoms with Gasteiger partial charge in [-0.25, -0.2) is 4.79 Å². The first-order valence-electron chi connectivity index (χ1n) is 8.35. The summed E-state index contributed by atoms with van der Waals surface area (Å²) in [5.74, 6) is 0.672. The summed E-state index contributed by atoms with van der Waals surface area (Å²) in [6.07, 6.45) is 6.88. The quantitative estimate of drug-likeness (QED) is 0.781. The van der Waals surface area contributed by atoms with Crippen LogP contribution in [0.3, 0.4) is 0 Å². The number of allylic oxidation sites excluding steroid dienone is 1. The summed E-state index contributed by atoms with van der Waals surface area (Å²) in [5, 5.41) is 0. The molecule has 3 saturated heterocycles. The van der Waals surface area contributed by atoms with Crippen molar-refractivity contribution in [3.05, 3.63) is 46.7 Å². The third kappa shape index (κ3) is 2.43. The molecule has 0 radical (unpaired) electrons. The lowest BCUT2D eigenvalue weighted by Crippen LogP contribution is -2.51. The maximum absolute atomic E-state index is 12.4. The first kappa shape index (κ1) is 13.9. The van der Waals surface area contributed by atoms with Gasteiger partial charge in [0.05, 0.1) is 5.56 Å². The summed E-state index contributed by atoms with van der Waals surface area (Å²) in [6, 6.07) is 6.49. The molecule has 0 aliphatic carbocycles. The largest absolute Gasteiger partial charge is 0.454 e. The summed E-state index contributed by atoms with van der Waals surface area (Å²) in [7, 11) is 0. The first-order valence-corrected chi connectivity index (χ1v) is 8.35. The Kier molecular flexibility index (Phi) is 3.24. The third-order valence-corrected chi connectivity index (χ3v) is 5.29. The summed E-state index contributed by atoms with van der Waals surface area (Å²) < 4.78 is 5.79. The lowest BCUT2D eigenvalue weighted by Gasteiger charge is -2.51. The van der Waals surface area contributed by atoms with E-state index >= 15 is 0 Å². The van der Waals surface area contributed by atoms with E-state index < -0.39 is 0 Å². The van der Waals surface area contributed by atoms with Crippen LogP contribution in [-0.2, 0) is 4.74 Å². The van der Waals surface area contributed by atoms with Crippen LogP contribution in [0.1, 0.15) is 47.2 Å². The van der Waals surface area contributed by atoms with Crippen LogP contribution in [0.4, 0.5) is 0 Å². The minimum atomic E-state index is -0.186. The second-order valence-electron chi connectivity index (χ2n) is 7.16. The highest BCUT2D eigenvalue weighted by atomic mass is 16.5. The van der Waals surface area contributed by atoms with Gasteiger partial charge < -0.3 is 9.64 Å². The van der Waals surface area contributed by atoms with Gasteiger partial charge in [-0.3, -0.25) is 0 Å². The molecule has 1 aromatic rings. The van der Waals surface area contributed by atoms with E-state index in [-0.39, 0.29) is 12.1 Å². The summed E-state index contributed by atoms with van der Waals surface area (Å²) in [4.78, 5) is 15.0. The van der Waals surface area contributed by atoms with Crippen molar-refractivity contribution >= 4 is 5.97 Å². The molecule has 3 nitrogen and oxygen atoms in total. The smallest absolute Gasteiger partial charge is 0.338 e. The Hall–Kier alpha value is -1.77. The molecule has 0 saturated carbocycles. The van der Waals surface area contributed by atoms with Crippen LogP contribution in [0, 0.1) is 19.8 Å². The number of hydrogen-bond donors (Lipinski definition) is 0. The fourth-order valence-corrected chi connectivity index (χ4v) is 4.43. The van der Waals surface area contributed by atoms with Crippen LogP contribution in [-0.4, -0.2) is 29.6 Å². The van der Waals surface area contributed by atoms with Crippen molar-refractivity contribution in [3.63, 3.8) is 0 Å². The number of fused-ring (bicyclic) bond motifs is 1. The number of benzene rings is 1. The van der Waals surface area contributed by atoms with Crippen molar-refractivity contribution in [1.29, 1.82) is 0 Å². The Morgan fingerprint density at radius 1 is 1.18 bits per heavy atom. The number of nitrogens with zero attached hydrogens (tertiary/aromatic N) is 1. The number of piperidine rings is 3. The van der Waals surface area contributed by atoms with Crippen LogP contribution in [0.15, 0.2) is 30.0 Å². The van der Waals surface area contributed by atoms with Gasteiger partial charge in [0.2, 0.25) is 0 Å². The van der Waals surface area contributed by atoms with Crippen molar-refractivity contribution in [1.82, 2.24) is 4.90 Å². The molecular formula is C19H23NO2. The van der Waals surface area contributed by atoms with E-state index in [1.54, 1.807) is 0 Å². The van der Waals surface area contributed by atoms with Crippen molar-refractivity contribution in [2.24, 2.45) is 5.92 Å². The van der Waals surface area contributed by atoms with Crippen molar-refractivity contribution in [2.45, 2.75) is 51.7 Å². The molecule has 116 valence electrons. The Bertz CT molecular complexity index is 629. The molecule has 5 rings (SSSR count). The van der Waals surface area contributed by atoms with Gasteiger partial charge in [-0.05, 0) is 57.2 Å². The van der Waals surface area contributed by atoms with Crippen LogP contribution >= 0.6 is 0 Å². The molecule has 1 aromatic carbocycles. The van der Waals surface area contributed by atoms with E-state index in [9.17, 15) is 4.79 Å². The molecule has 3 atom stereocenters. The van der Waals surface area contributed by atoms with E-state index in [0.29, 0.717) is 11.6 Å². The number of esters is 1. The summed E-state index contributed by atoms with van der Waals surface area (Å²) in [5.41, 5.74) is 4.30. The standard InChI is InChI=1S/C19H23NO2/c1-12-5-13(2)7-15(6-12)19(21)22-18-10-16-8-14-3-4-20(16)17(9-14)11-18/h5-7,10,14,17-18H,3-4,8-9,11H2,1-2H3. The van der Waals surface area contributed by atoms with Crippen LogP contribution in [0.5, 0.6) is 0 Å². The SMILES string of the molecule is Cc1cc(C)cc(C(=O)OC2C=C3CC4CCN3C(C4)C2)c1. The molecule has 0 spiro atoms. The maximum Gasteiger partial charge on any atom is 0.338 e. The fraction of sp³-hybridized carbons (Fsp3) is 0.526. The molecule has 4 aliphatic rings. The number of carbonyl (C=O) groups is 1. The fourth-order valence-electron chi connectivity index (χ4n) is 4.43. The lowest BCUT2D eigenvalue weighted by atomic mass is 9.76. The molecular weight excluding hydrogens is 274 g/mol. The number of aryl methyl sites for hydroxylation is 2. The minimum Gasteiger partial charge on any atom is -0.454 e. The van der Waals surface area contributed by atoms with Crippen LogP contribution in [0.2, 0.25) is 0 Å². The van der Waals surface area contributed by atoms with Gasteiger partial charge in [-0.2, -0.15) is 0 Å². The zero-order valence-corrected chi connectivity index (χ0v) is 13.3. The highest BCUT2D eigenvalue weighted by Gasteiger charge is 2.40. The summed E-state index contributed by atoms with van der Waals surface area (Å²) >= 11 is 0. The molecule has 4 bridgehead atoms. The molecule has 4 heterocycles. The van der Waals surface area contributed by atoms with E-state index in [0.717, 1.165) is 23.5 Å². The molecule has 4 aliphatic heterocycles. The third-order valence-electron chi connectivity index (χ3n) is 5.29. The topological polar surface area (TPSA) is 29.5 Å². The zero-order valence-electron chi connectivity index (χ0n) is 13.3. The van der Waals surface area contributed by atoms with E-state index in [2.05, 4.69) is 17.0 Å². The average Bonchev–Trinajstić information content (AvgIpc) is 2.46. The second-order valence-corrected chi connectivity index (χ2v) is 7.16. The number of ether oxygens (including phenoxy) is 1. The van der Waals surface area contributed by atoms with Crippen molar-refractivity contribution in [2.75, 3.05) is 6.54 Å². The number of hydrogen-bond acceptors (Lipinski definition) is 3. The molecule has 0 N–H and O–H groups in total. The van der Waals surface area contributed by atoms with Gasteiger partial charge in [0.15, 0.2) is 0 Å². The predicted octanol–water partition coefficient (Wildman–Crippen LogP) is 3.60. The lowest BCUT2D eigenvalue weighted by molar-refractivity contribution is 0.00916. The molecule has 0 amide bonds. The number of carbonyl (C=O) groups excluding carboxylic acids is 1. The Morgan fingerprint density at radius 2 is 1.95 bits per heavy atom. The van der Waals surface area contributed by atoms with Crippen molar-refractivity contribution < 1.29 is 9.53 Å². The highest BCUT2D eigenvalue weighted by molar-refractivity contribution is 5.90. The van der Waals surface area contributed by atoms with Gasteiger partial charge in [0.1, 0.15) is 6.10 Å². The highest BCUT2D eigenvalue weighted by Crippen LogP contribution is 2.43. The molecule has 22 heavy (non-hydrogen) atoms. The summed E-state index contributed by atoms with van der Waals surface area (Å²) in [6.45, 7) is 5.22. The predicted molar refractivity (Wildman–Crippen MR) is 85.7 cm³/mol. The van der Waals surface area contributed by atoms with Crippen molar-refractivity contribution in [3.8, 4) is 0 Å². The molecule has 3 heteroatoms. The first-order chi connectivity index (χ1) is 10.6. The average molecular weight is 297 g/mol. The van der Waals surface area contributed by atoms with Gasteiger partial charge in [0, 0.05) is 24.7 Å². The number of rotatable bonds is 2. The molecule has 0 aromatic heterocycles. The van der Waals surface area contributed by atoms with E-state index in [4.69, 9.17) is 4.74 Å². The Balaban J connectivity index is 1.51. The van der Waals surface area contributed by atoms with E-state index in [1.165, 1.54) is 31.5 Å². The normalized spacial score (nSPS) is 29.3. The minimum absolute atomic E-state index is 0.0522. The monoisotopic (exact) mass is 297 g/mol. The molecule has 3 unspecified atom stereocenters. The Morgan fingerprint density at radius 3 is 2.64 bits per heavy atom. The Labute approximate surface area is 132 Å². The van der Waals surface area contributed by atoms with Gasteiger partial charge in [-0.1, -0.05) is 17.2 Å². The van der Waals surface area contributed by atoms with Gasteiger partial charge in [0.25, 0.3) is 0 Å². The zero-order chi connectivity index (χ0) is 15.3. The maximum atomic E-state index is 12.4. The van der Waals surface area contributed by atoms with Crippen LogP contribution < -0.4 is 0 Å². The van der Waals surface area contributed by atoms with Gasteiger partial charge >= 0.3 is 5.97 Å². The molecule has 3 fully saturated rings. The van der Waals surface area contributed by atoms with E-state index in [1.807, 2.05) is 26.0 Å². The van der Waals surface area contributed by atoms with Crippen LogP contribution in [0.25, 0.3) is 0 Å². The second kappa shape index (κ2) is 5.15. The van der Waals surface area contributed by atoms with Gasteiger partial charge in [-0.15, -0.1) is 0 Å².